The van der Waals surface area contributed by atoms with Crippen LogP contribution in [0.15, 0.2) is 24.3 Å². The van der Waals surface area contributed by atoms with Gasteiger partial charge >= 0.3 is 0 Å². The first-order valence-electron chi connectivity index (χ1n) is 4.46. The molecule has 0 saturated heterocycles. The summed E-state index contributed by atoms with van der Waals surface area (Å²) in [6, 6.07) is 9.17. The molecule has 0 N–H and O–H groups in total. The molecule has 1 aromatic carbocycles. The zero-order valence-corrected chi connectivity index (χ0v) is 8.69. The summed E-state index contributed by atoms with van der Waals surface area (Å²) in [4.78, 5) is 1.97. The van der Waals surface area contributed by atoms with E-state index in [4.69, 9.17) is 10.00 Å². The third kappa shape index (κ3) is 2.75. The van der Waals surface area contributed by atoms with Gasteiger partial charge in [-0.05, 0) is 45.3 Å². The van der Waals surface area contributed by atoms with Gasteiger partial charge in [0.05, 0.1) is 11.6 Å². The van der Waals surface area contributed by atoms with Crippen LogP contribution in [0.5, 0.6) is 5.75 Å². The number of benzene rings is 1. The summed E-state index contributed by atoms with van der Waals surface area (Å²) in [5.41, 5.74) is 0.648. The van der Waals surface area contributed by atoms with Crippen molar-refractivity contribution < 1.29 is 4.74 Å². The summed E-state index contributed by atoms with van der Waals surface area (Å²) in [5, 5.41) is 8.60. The van der Waals surface area contributed by atoms with Gasteiger partial charge < -0.3 is 4.74 Å². The van der Waals surface area contributed by atoms with Crippen molar-refractivity contribution in [3.63, 3.8) is 0 Å². The van der Waals surface area contributed by atoms with E-state index in [2.05, 4.69) is 6.07 Å². The lowest BCUT2D eigenvalue weighted by Gasteiger charge is -2.21. The van der Waals surface area contributed by atoms with Gasteiger partial charge in [-0.25, -0.2) is 0 Å². The average Bonchev–Trinajstić information content (AvgIpc) is 2.19. The van der Waals surface area contributed by atoms with E-state index in [1.807, 2.05) is 25.9 Å². The normalized spacial score (nSPS) is 12.2. The molecule has 0 spiro atoms. The van der Waals surface area contributed by atoms with Gasteiger partial charge in [-0.3, -0.25) is 4.90 Å². The zero-order valence-electron chi connectivity index (χ0n) is 8.69. The molecule has 3 nitrogen and oxygen atoms in total. The van der Waals surface area contributed by atoms with Gasteiger partial charge in [0.2, 0.25) is 0 Å². The Morgan fingerprint density at radius 3 is 2.29 bits per heavy atom. The van der Waals surface area contributed by atoms with E-state index in [1.54, 1.807) is 24.3 Å². The second-order valence-electron chi connectivity index (χ2n) is 3.32. The molecule has 0 aliphatic heterocycles. The molecule has 1 atom stereocenters. The fourth-order valence-corrected chi connectivity index (χ4v) is 0.910. The van der Waals surface area contributed by atoms with Gasteiger partial charge in [-0.2, -0.15) is 5.26 Å². The predicted octanol–water partition coefficient (Wildman–Crippen LogP) is 1.84. The topological polar surface area (TPSA) is 36.3 Å². The van der Waals surface area contributed by atoms with E-state index in [1.165, 1.54) is 0 Å². The molecular formula is C11H14N2O. The molecule has 1 unspecified atom stereocenters. The largest absolute Gasteiger partial charge is 0.475 e. The zero-order chi connectivity index (χ0) is 10.6. The fourth-order valence-electron chi connectivity index (χ4n) is 0.910. The third-order valence-electron chi connectivity index (χ3n) is 2.02. The highest BCUT2D eigenvalue weighted by molar-refractivity contribution is 5.34. The highest BCUT2D eigenvalue weighted by Crippen LogP contribution is 2.13. The van der Waals surface area contributed by atoms with Crippen molar-refractivity contribution in [2.24, 2.45) is 0 Å². The van der Waals surface area contributed by atoms with Crippen molar-refractivity contribution in [2.75, 3.05) is 14.1 Å². The van der Waals surface area contributed by atoms with E-state index < -0.39 is 0 Å². The fraction of sp³-hybridized carbons (Fsp3) is 0.364. The van der Waals surface area contributed by atoms with Gasteiger partial charge in [0, 0.05) is 0 Å². The van der Waals surface area contributed by atoms with Crippen LogP contribution in [-0.2, 0) is 0 Å². The van der Waals surface area contributed by atoms with E-state index in [0.717, 1.165) is 5.75 Å². The van der Waals surface area contributed by atoms with Gasteiger partial charge in [-0.1, -0.05) is 0 Å². The van der Waals surface area contributed by atoms with Gasteiger partial charge in [-0.15, -0.1) is 0 Å². The Hall–Kier alpha value is -1.53. The van der Waals surface area contributed by atoms with Crippen LogP contribution in [-0.4, -0.2) is 25.2 Å². The van der Waals surface area contributed by atoms with Crippen molar-refractivity contribution in [1.29, 1.82) is 5.26 Å². The van der Waals surface area contributed by atoms with Crippen LogP contribution < -0.4 is 4.74 Å². The molecule has 0 aliphatic rings. The van der Waals surface area contributed by atoms with Crippen molar-refractivity contribution in [3.05, 3.63) is 29.8 Å². The Morgan fingerprint density at radius 2 is 1.86 bits per heavy atom. The maximum absolute atomic E-state index is 8.60. The van der Waals surface area contributed by atoms with E-state index in [-0.39, 0.29) is 6.23 Å². The number of rotatable bonds is 3. The first-order chi connectivity index (χ1) is 6.63. The summed E-state index contributed by atoms with van der Waals surface area (Å²) in [6.07, 6.45) is 0.0305. The summed E-state index contributed by atoms with van der Waals surface area (Å²) >= 11 is 0. The van der Waals surface area contributed by atoms with Crippen LogP contribution in [0.1, 0.15) is 12.5 Å². The molecule has 1 rings (SSSR count). The summed E-state index contributed by atoms with van der Waals surface area (Å²) in [7, 11) is 3.91. The first kappa shape index (κ1) is 10.6. The molecule has 0 saturated carbocycles. The first-order valence-corrected chi connectivity index (χ1v) is 4.46. The van der Waals surface area contributed by atoms with Crippen LogP contribution >= 0.6 is 0 Å². The highest BCUT2D eigenvalue weighted by atomic mass is 16.5. The van der Waals surface area contributed by atoms with Crippen LogP contribution in [0, 0.1) is 11.3 Å². The van der Waals surface area contributed by atoms with Crippen molar-refractivity contribution >= 4 is 0 Å². The number of nitriles is 1. The van der Waals surface area contributed by atoms with E-state index in [9.17, 15) is 0 Å². The average molecular weight is 190 g/mol. The molecule has 0 fully saturated rings. The standard InChI is InChI=1S/C11H14N2O/c1-9(13(2)3)14-11-6-4-10(8-12)5-7-11/h4-7,9H,1-3H3. The molecule has 0 aliphatic carbocycles. The quantitative estimate of drug-likeness (QED) is 0.682. The number of nitrogens with zero attached hydrogens (tertiary/aromatic N) is 2. The second-order valence-corrected chi connectivity index (χ2v) is 3.32. The van der Waals surface area contributed by atoms with Crippen LogP contribution in [0.2, 0.25) is 0 Å². The maximum Gasteiger partial charge on any atom is 0.149 e. The van der Waals surface area contributed by atoms with E-state index >= 15 is 0 Å². The molecule has 3 heteroatoms. The molecule has 0 heterocycles. The Morgan fingerprint density at radius 1 is 1.29 bits per heavy atom. The Balaban J connectivity index is 2.65. The molecule has 74 valence electrons. The van der Waals surface area contributed by atoms with Gasteiger partial charge in [0.25, 0.3) is 0 Å². The SMILES string of the molecule is CC(Oc1ccc(C#N)cc1)N(C)C. The van der Waals surface area contributed by atoms with Gasteiger partial charge in [0.1, 0.15) is 12.0 Å². The number of hydrogen-bond donors (Lipinski definition) is 0. The molecule has 0 radical (unpaired) electrons. The van der Waals surface area contributed by atoms with Crippen molar-refractivity contribution in [1.82, 2.24) is 4.90 Å². The number of ether oxygens (including phenoxy) is 1. The smallest absolute Gasteiger partial charge is 0.149 e. The van der Waals surface area contributed by atoms with E-state index in [0.29, 0.717) is 5.56 Å². The Bertz CT molecular complexity index is 324. The summed E-state index contributed by atoms with van der Waals surface area (Å²) in [5.74, 6) is 0.783. The predicted molar refractivity (Wildman–Crippen MR) is 54.9 cm³/mol. The molecule has 0 aromatic heterocycles. The lowest BCUT2D eigenvalue weighted by molar-refractivity contribution is 0.0815. The monoisotopic (exact) mass is 190 g/mol. The lowest BCUT2D eigenvalue weighted by atomic mass is 10.2. The molecule has 0 bridgehead atoms. The number of hydrogen-bond acceptors (Lipinski definition) is 3. The Kier molecular flexibility index (Phi) is 3.49. The minimum absolute atomic E-state index is 0.0305. The molecule has 14 heavy (non-hydrogen) atoms. The van der Waals surface area contributed by atoms with Crippen LogP contribution in [0.25, 0.3) is 0 Å². The third-order valence-corrected chi connectivity index (χ3v) is 2.02. The minimum atomic E-state index is 0.0305. The maximum atomic E-state index is 8.60. The lowest BCUT2D eigenvalue weighted by Crippen LogP contribution is -2.30. The summed E-state index contributed by atoms with van der Waals surface area (Å²) in [6.45, 7) is 1.97. The van der Waals surface area contributed by atoms with Gasteiger partial charge in [0.15, 0.2) is 0 Å². The Labute approximate surface area is 84.5 Å². The second kappa shape index (κ2) is 4.64. The molecule has 1 aromatic rings. The highest BCUT2D eigenvalue weighted by Gasteiger charge is 2.05. The minimum Gasteiger partial charge on any atom is -0.475 e. The molecule has 0 amide bonds. The summed E-state index contributed by atoms with van der Waals surface area (Å²) < 4.78 is 5.59. The molecular weight excluding hydrogens is 176 g/mol. The van der Waals surface area contributed by atoms with Crippen molar-refractivity contribution in [2.45, 2.75) is 13.2 Å². The van der Waals surface area contributed by atoms with Crippen LogP contribution in [0.3, 0.4) is 0 Å². The van der Waals surface area contributed by atoms with Crippen molar-refractivity contribution in [3.8, 4) is 11.8 Å². The van der Waals surface area contributed by atoms with Crippen LogP contribution in [0.4, 0.5) is 0 Å².